The van der Waals surface area contributed by atoms with Crippen LogP contribution in [0.1, 0.15) is 27.2 Å². The molecule has 8 heteroatoms. The summed E-state index contributed by atoms with van der Waals surface area (Å²) < 4.78 is 12.8. The Balaban J connectivity index is 1.67. The van der Waals surface area contributed by atoms with Gasteiger partial charge in [0.2, 0.25) is 0 Å². The van der Waals surface area contributed by atoms with E-state index in [0.717, 1.165) is 33.6 Å². The van der Waals surface area contributed by atoms with Crippen molar-refractivity contribution < 1.29 is 14.3 Å². The lowest BCUT2D eigenvalue weighted by atomic mass is 10.1. The van der Waals surface area contributed by atoms with Crippen molar-refractivity contribution in [2.75, 3.05) is 19.5 Å². The van der Waals surface area contributed by atoms with Gasteiger partial charge in [0.15, 0.2) is 17.2 Å². The van der Waals surface area contributed by atoms with E-state index in [2.05, 4.69) is 10.3 Å². The van der Waals surface area contributed by atoms with Crippen LogP contribution in [0.25, 0.3) is 16.9 Å². The molecule has 0 fully saturated rings. The normalized spacial score (nSPS) is 11.6. The molecule has 0 atom stereocenters. The lowest BCUT2D eigenvalue weighted by molar-refractivity contribution is 0.102. The Bertz CT molecular complexity index is 1400. The highest BCUT2D eigenvalue weighted by Crippen LogP contribution is 2.45. The van der Waals surface area contributed by atoms with Crippen LogP contribution in [0.5, 0.6) is 11.5 Å². The number of aryl methyl sites for hydroxylation is 1. The SMILES string of the molecule is COc1cc2c(cc1OC)-c1c(c(C(=O)Nc3ncccc3C)nn1-c1cccc(Cl)c1)C2. The minimum Gasteiger partial charge on any atom is -0.493 e. The Morgan fingerprint density at radius 3 is 2.61 bits per heavy atom. The molecule has 5 rings (SSSR count). The summed E-state index contributed by atoms with van der Waals surface area (Å²) in [5.41, 5.74) is 5.58. The number of nitrogens with zero attached hydrogens (tertiary/aromatic N) is 3. The van der Waals surface area contributed by atoms with Gasteiger partial charge in [-0.3, -0.25) is 4.79 Å². The van der Waals surface area contributed by atoms with Crippen LogP contribution in [0.4, 0.5) is 5.82 Å². The molecule has 0 spiro atoms. The van der Waals surface area contributed by atoms with Crippen molar-refractivity contribution in [3.63, 3.8) is 0 Å². The number of benzene rings is 2. The van der Waals surface area contributed by atoms with Gasteiger partial charge in [0.05, 0.1) is 25.6 Å². The number of anilines is 1. The Kier molecular flexibility index (Phi) is 5.26. The molecule has 1 aliphatic rings. The number of rotatable bonds is 5. The summed E-state index contributed by atoms with van der Waals surface area (Å²) in [6.07, 6.45) is 2.18. The van der Waals surface area contributed by atoms with E-state index in [0.29, 0.717) is 34.5 Å². The van der Waals surface area contributed by atoms with Crippen molar-refractivity contribution in [1.29, 1.82) is 0 Å². The zero-order valence-electron chi connectivity index (χ0n) is 18.3. The number of carbonyl (C=O) groups excluding carboxylic acids is 1. The molecule has 0 aliphatic heterocycles. The minimum absolute atomic E-state index is 0.319. The summed E-state index contributed by atoms with van der Waals surface area (Å²) in [6.45, 7) is 1.89. The molecule has 0 saturated carbocycles. The van der Waals surface area contributed by atoms with Gasteiger partial charge in [-0.05, 0) is 54.4 Å². The molecule has 166 valence electrons. The molecule has 2 aromatic heterocycles. The smallest absolute Gasteiger partial charge is 0.277 e. The van der Waals surface area contributed by atoms with Crippen LogP contribution >= 0.6 is 11.6 Å². The van der Waals surface area contributed by atoms with Gasteiger partial charge >= 0.3 is 0 Å². The number of aromatic nitrogens is 3. The second-order valence-electron chi connectivity index (χ2n) is 7.73. The summed E-state index contributed by atoms with van der Waals surface area (Å²) in [7, 11) is 3.20. The number of hydrogen-bond acceptors (Lipinski definition) is 5. The second-order valence-corrected chi connectivity index (χ2v) is 8.17. The molecule has 2 aromatic carbocycles. The number of ether oxygens (including phenoxy) is 2. The van der Waals surface area contributed by atoms with Crippen molar-refractivity contribution in [1.82, 2.24) is 14.8 Å². The highest BCUT2D eigenvalue weighted by molar-refractivity contribution is 6.30. The molecule has 0 bridgehead atoms. The average Bonchev–Trinajstić information content (AvgIpc) is 3.36. The zero-order chi connectivity index (χ0) is 23.1. The molecule has 2 heterocycles. The van der Waals surface area contributed by atoms with Gasteiger partial charge < -0.3 is 14.8 Å². The second kappa shape index (κ2) is 8.26. The monoisotopic (exact) mass is 460 g/mol. The fourth-order valence-electron chi connectivity index (χ4n) is 4.13. The number of methoxy groups -OCH3 is 2. The van der Waals surface area contributed by atoms with Crippen molar-refractivity contribution >= 4 is 23.3 Å². The Morgan fingerprint density at radius 2 is 1.88 bits per heavy atom. The lowest BCUT2D eigenvalue weighted by Crippen LogP contribution is -2.16. The van der Waals surface area contributed by atoms with Crippen molar-refractivity contribution in [2.45, 2.75) is 13.3 Å². The van der Waals surface area contributed by atoms with Crippen LogP contribution in [-0.4, -0.2) is 34.9 Å². The van der Waals surface area contributed by atoms with E-state index in [1.54, 1.807) is 31.2 Å². The first-order valence-corrected chi connectivity index (χ1v) is 10.7. The van der Waals surface area contributed by atoms with E-state index in [1.165, 1.54) is 0 Å². The standard InChI is InChI=1S/C25H21ClN4O3/c1-14-6-5-9-27-24(14)28-25(31)22-19-10-15-11-20(32-2)21(33-3)13-18(15)23(19)30(29-22)17-8-4-7-16(26)12-17/h4-9,11-13H,10H2,1-3H3,(H,27,28,31). The van der Waals surface area contributed by atoms with Crippen LogP contribution in [0, 0.1) is 6.92 Å². The summed E-state index contributed by atoms with van der Waals surface area (Å²) >= 11 is 6.26. The molecule has 1 amide bonds. The van der Waals surface area contributed by atoms with Crippen molar-refractivity contribution in [3.05, 3.63) is 82.1 Å². The van der Waals surface area contributed by atoms with Crippen LogP contribution in [0.2, 0.25) is 5.02 Å². The molecular weight excluding hydrogens is 440 g/mol. The predicted octanol–water partition coefficient (Wildman–Crippen LogP) is 5.07. The highest BCUT2D eigenvalue weighted by atomic mass is 35.5. The molecular formula is C25H21ClN4O3. The first-order chi connectivity index (χ1) is 16.0. The third-order valence-corrected chi connectivity index (χ3v) is 5.96. The van der Waals surface area contributed by atoms with Crippen LogP contribution in [0.3, 0.4) is 0 Å². The number of fused-ring (bicyclic) bond motifs is 3. The van der Waals surface area contributed by atoms with Gasteiger partial charge in [-0.1, -0.05) is 23.7 Å². The van der Waals surface area contributed by atoms with Gasteiger partial charge in [-0.25, -0.2) is 9.67 Å². The fraction of sp³-hybridized carbons (Fsp3) is 0.160. The summed E-state index contributed by atoms with van der Waals surface area (Å²) in [6, 6.07) is 15.0. The summed E-state index contributed by atoms with van der Waals surface area (Å²) in [5.74, 6) is 1.44. The first kappa shape index (κ1) is 21.0. The van der Waals surface area contributed by atoms with E-state index in [1.807, 2.05) is 49.4 Å². The maximum absolute atomic E-state index is 13.3. The van der Waals surface area contributed by atoms with Crippen LogP contribution < -0.4 is 14.8 Å². The first-order valence-electron chi connectivity index (χ1n) is 10.4. The maximum atomic E-state index is 13.3. The highest BCUT2D eigenvalue weighted by Gasteiger charge is 2.32. The predicted molar refractivity (Wildman–Crippen MR) is 127 cm³/mol. The maximum Gasteiger partial charge on any atom is 0.277 e. The van der Waals surface area contributed by atoms with E-state index >= 15 is 0 Å². The average molecular weight is 461 g/mol. The minimum atomic E-state index is -0.319. The number of nitrogens with one attached hydrogen (secondary N) is 1. The molecule has 0 unspecified atom stereocenters. The molecule has 4 aromatic rings. The van der Waals surface area contributed by atoms with Gasteiger partial charge in [0.25, 0.3) is 5.91 Å². The van der Waals surface area contributed by atoms with Gasteiger partial charge in [-0.2, -0.15) is 5.10 Å². The molecule has 0 radical (unpaired) electrons. The Morgan fingerprint density at radius 1 is 1.09 bits per heavy atom. The van der Waals surface area contributed by atoms with Crippen LogP contribution in [0.15, 0.2) is 54.7 Å². The number of hydrogen-bond donors (Lipinski definition) is 1. The fourth-order valence-corrected chi connectivity index (χ4v) is 4.32. The van der Waals surface area contributed by atoms with Crippen LogP contribution in [-0.2, 0) is 6.42 Å². The van der Waals surface area contributed by atoms with E-state index in [9.17, 15) is 4.79 Å². The third kappa shape index (κ3) is 3.60. The third-order valence-electron chi connectivity index (χ3n) is 5.72. The van der Waals surface area contributed by atoms with Crippen molar-refractivity contribution in [2.24, 2.45) is 0 Å². The molecule has 1 N–H and O–H groups in total. The van der Waals surface area contributed by atoms with E-state index in [4.69, 9.17) is 26.2 Å². The van der Waals surface area contributed by atoms with Gasteiger partial charge in [0, 0.05) is 28.8 Å². The van der Waals surface area contributed by atoms with Gasteiger partial charge in [-0.15, -0.1) is 0 Å². The van der Waals surface area contributed by atoms with E-state index in [-0.39, 0.29) is 5.91 Å². The Hall–Kier alpha value is -3.84. The molecule has 0 saturated heterocycles. The van der Waals surface area contributed by atoms with Crippen molar-refractivity contribution in [3.8, 4) is 28.4 Å². The van der Waals surface area contributed by atoms with E-state index < -0.39 is 0 Å². The number of halogens is 1. The quantitative estimate of drug-likeness (QED) is 0.396. The zero-order valence-corrected chi connectivity index (χ0v) is 19.1. The summed E-state index contributed by atoms with van der Waals surface area (Å²) in [5, 5.41) is 8.20. The number of pyridine rings is 1. The molecule has 7 nitrogen and oxygen atoms in total. The topological polar surface area (TPSA) is 78.3 Å². The number of amides is 1. The summed E-state index contributed by atoms with van der Waals surface area (Å²) in [4.78, 5) is 17.6. The largest absolute Gasteiger partial charge is 0.493 e. The molecule has 1 aliphatic carbocycles. The van der Waals surface area contributed by atoms with Gasteiger partial charge in [0.1, 0.15) is 5.82 Å². The number of carbonyl (C=O) groups is 1. The molecule has 33 heavy (non-hydrogen) atoms. The Labute approximate surface area is 195 Å². The lowest BCUT2D eigenvalue weighted by Gasteiger charge is -2.12.